The molecule has 0 aliphatic carbocycles. The van der Waals surface area contributed by atoms with E-state index in [1.54, 1.807) is 38.4 Å². The van der Waals surface area contributed by atoms with Crippen LogP contribution in [0, 0.1) is 10.1 Å². The fraction of sp³-hybridized carbons (Fsp3) is 0.480. The molecule has 2 aromatic carbocycles. The number of likely N-dealkylation sites (tertiary alicyclic amines) is 1. The lowest BCUT2D eigenvalue weighted by molar-refractivity contribution is -0.385. The second kappa shape index (κ2) is 10.8. The fourth-order valence-corrected chi connectivity index (χ4v) is 4.83. The molecule has 2 aliphatic heterocycles. The monoisotopic (exact) mass is 484 g/mol. The fourth-order valence-electron chi connectivity index (χ4n) is 4.83. The van der Waals surface area contributed by atoms with Gasteiger partial charge in [0.2, 0.25) is 5.75 Å². The van der Waals surface area contributed by atoms with Gasteiger partial charge in [-0.2, -0.15) is 0 Å². The summed E-state index contributed by atoms with van der Waals surface area (Å²) in [6, 6.07) is 8.75. The minimum Gasteiger partial charge on any atom is -0.493 e. The van der Waals surface area contributed by atoms with E-state index in [9.17, 15) is 14.9 Å². The summed E-state index contributed by atoms with van der Waals surface area (Å²) in [5, 5.41) is 11.6. The molecule has 0 atom stereocenters. The van der Waals surface area contributed by atoms with Crippen molar-refractivity contribution in [1.82, 2.24) is 9.80 Å². The van der Waals surface area contributed by atoms with Gasteiger partial charge in [-0.05, 0) is 31.0 Å². The van der Waals surface area contributed by atoms with Crippen LogP contribution in [0.15, 0.2) is 30.3 Å². The number of hydrogen-bond acceptors (Lipinski definition) is 8. The molecule has 0 aromatic heterocycles. The third-order valence-electron chi connectivity index (χ3n) is 6.72. The van der Waals surface area contributed by atoms with Crippen LogP contribution in [0.4, 0.5) is 11.4 Å². The smallest absolute Gasteiger partial charge is 0.282 e. The molecule has 0 bridgehead atoms. The van der Waals surface area contributed by atoms with Gasteiger partial charge in [0.1, 0.15) is 5.56 Å². The van der Waals surface area contributed by atoms with E-state index in [0.29, 0.717) is 36.9 Å². The molecule has 0 saturated carbocycles. The van der Waals surface area contributed by atoms with Gasteiger partial charge in [0, 0.05) is 63.1 Å². The maximum atomic E-state index is 13.0. The molecule has 0 spiro atoms. The Labute approximate surface area is 205 Å². The van der Waals surface area contributed by atoms with E-state index in [4.69, 9.17) is 14.2 Å². The molecule has 10 heteroatoms. The predicted molar refractivity (Wildman–Crippen MR) is 132 cm³/mol. The number of nitro benzene ring substituents is 1. The highest BCUT2D eigenvalue weighted by molar-refractivity contribution is 5.99. The van der Waals surface area contributed by atoms with E-state index < -0.39 is 4.92 Å². The van der Waals surface area contributed by atoms with Crippen molar-refractivity contribution in [2.24, 2.45) is 0 Å². The van der Waals surface area contributed by atoms with Gasteiger partial charge in [0.25, 0.3) is 11.6 Å². The van der Waals surface area contributed by atoms with Gasteiger partial charge in [-0.25, -0.2) is 0 Å². The number of benzene rings is 2. The van der Waals surface area contributed by atoms with Crippen molar-refractivity contribution in [2.45, 2.75) is 19.4 Å². The molecule has 0 N–H and O–H groups in total. The van der Waals surface area contributed by atoms with Crippen molar-refractivity contribution in [3.8, 4) is 17.2 Å². The van der Waals surface area contributed by atoms with Crippen LogP contribution in [-0.2, 0) is 6.54 Å². The van der Waals surface area contributed by atoms with Gasteiger partial charge in [0.05, 0.1) is 26.3 Å². The molecule has 1 amide bonds. The molecule has 0 unspecified atom stereocenters. The van der Waals surface area contributed by atoms with Crippen molar-refractivity contribution < 1.29 is 23.9 Å². The number of rotatable bonds is 8. The topological polar surface area (TPSA) is 97.6 Å². The third kappa shape index (κ3) is 5.12. The SMILES string of the molecule is COc1ccc(CN2CCN(c3ccc([N+](=O)[O-])c(C(=O)N4CCCC4)c3)CC2)c(OC)c1OC. The summed E-state index contributed by atoms with van der Waals surface area (Å²) in [5.41, 5.74) is 1.88. The zero-order valence-electron chi connectivity index (χ0n) is 20.5. The number of methoxy groups -OCH3 is 3. The molecular formula is C25H32N4O6. The maximum absolute atomic E-state index is 13.0. The molecule has 2 fully saturated rings. The Hall–Kier alpha value is -3.53. The first kappa shape index (κ1) is 24.6. The number of nitro groups is 1. The Morgan fingerprint density at radius 3 is 2.20 bits per heavy atom. The highest BCUT2D eigenvalue weighted by Gasteiger charge is 2.28. The number of hydrogen-bond donors (Lipinski definition) is 0. The molecule has 4 rings (SSSR count). The van der Waals surface area contributed by atoms with E-state index in [-0.39, 0.29) is 17.2 Å². The number of carbonyl (C=O) groups is 1. The molecule has 0 radical (unpaired) electrons. The highest BCUT2D eigenvalue weighted by atomic mass is 16.6. The number of carbonyl (C=O) groups excluding carboxylic acids is 1. The van der Waals surface area contributed by atoms with Crippen LogP contribution in [0.5, 0.6) is 17.2 Å². The van der Waals surface area contributed by atoms with Crippen LogP contribution in [0.3, 0.4) is 0 Å². The van der Waals surface area contributed by atoms with Crippen LogP contribution in [-0.4, -0.2) is 81.2 Å². The average molecular weight is 485 g/mol. The van der Waals surface area contributed by atoms with Gasteiger partial charge < -0.3 is 24.0 Å². The van der Waals surface area contributed by atoms with E-state index in [0.717, 1.165) is 50.3 Å². The van der Waals surface area contributed by atoms with E-state index in [1.165, 1.54) is 6.07 Å². The molecular weight excluding hydrogens is 452 g/mol. The minimum absolute atomic E-state index is 0.134. The van der Waals surface area contributed by atoms with E-state index >= 15 is 0 Å². The van der Waals surface area contributed by atoms with Crippen LogP contribution in [0.2, 0.25) is 0 Å². The third-order valence-corrected chi connectivity index (χ3v) is 6.72. The number of piperazine rings is 1. The largest absolute Gasteiger partial charge is 0.493 e. The molecule has 2 saturated heterocycles. The maximum Gasteiger partial charge on any atom is 0.282 e. The molecule has 2 aromatic rings. The summed E-state index contributed by atoms with van der Waals surface area (Å²) in [4.78, 5) is 30.3. The Balaban J connectivity index is 1.47. The van der Waals surface area contributed by atoms with Gasteiger partial charge in [-0.3, -0.25) is 19.8 Å². The summed E-state index contributed by atoms with van der Waals surface area (Å²) in [5.74, 6) is 1.60. The first-order chi connectivity index (χ1) is 17.0. The van der Waals surface area contributed by atoms with Crippen molar-refractivity contribution in [2.75, 3.05) is 65.5 Å². The molecule has 2 heterocycles. The van der Waals surface area contributed by atoms with Crippen LogP contribution < -0.4 is 19.1 Å². The number of anilines is 1. The molecule has 188 valence electrons. The predicted octanol–water partition coefficient (Wildman–Crippen LogP) is 3.18. The van der Waals surface area contributed by atoms with Crippen LogP contribution in [0.1, 0.15) is 28.8 Å². The van der Waals surface area contributed by atoms with Gasteiger partial charge in [-0.15, -0.1) is 0 Å². The first-order valence-electron chi connectivity index (χ1n) is 11.8. The van der Waals surface area contributed by atoms with E-state index in [2.05, 4.69) is 9.80 Å². The second-order valence-electron chi connectivity index (χ2n) is 8.71. The van der Waals surface area contributed by atoms with Gasteiger partial charge >= 0.3 is 0 Å². The summed E-state index contributed by atoms with van der Waals surface area (Å²) in [6.07, 6.45) is 1.87. The average Bonchev–Trinajstić information content (AvgIpc) is 3.43. The lowest BCUT2D eigenvalue weighted by Gasteiger charge is -2.36. The molecule has 35 heavy (non-hydrogen) atoms. The first-order valence-corrected chi connectivity index (χ1v) is 11.8. The van der Waals surface area contributed by atoms with Crippen LogP contribution in [0.25, 0.3) is 0 Å². The van der Waals surface area contributed by atoms with Crippen molar-refractivity contribution in [3.63, 3.8) is 0 Å². The Bertz CT molecular complexity index is 1080. The molecule has 10 nitrogen and oxygen atoms in total. The zero-order valence-corrected chi connectivity index (χ0v) is 20.5. The van der Waals surface area contributed by atoms with Crippen molar-refractivity contribution in [3.05, 3.63) is 51.6 Å². The quantitative estimate of drug-likeness (QED) is 0.416. The summed E-state index contributed by atoms with van der Waals surface area (Å²) >= 11 is 0. The number of nitrogens with zero attached hydrogens (tertiary/aromatic N) is 4. The van der Waals surface area contributed by atoms with Crippen molar-refractivity contribution in [1.29, 1.82) is 0 Å². The number of amides is 1. The second-order valence-corrected chi connectivity index (χ2v) is 8.71. The molecule has 2 aliphatic rings. The summed E-state index contributed by atoms with van der Waals surface area (Å²) in [7, 11) is 4.81. The van der Waals surface area contributed by atoms with Crippen molar-refractivity contribution >= 4 is 17.3 Å². The summed E-state index contributed by atoms with van der Waals surface area (Å²) < 4.78 is 16.5. The Morgan fingerprint density at radius 2 is 1.60 bits per heavy atom. The number of ether oxygens (including phenoxy) is 3. The van der Waals surface area contributed by atoms with Crippen LogP contribution >= 0.6 is 0 Å². The zero-order chi connectivity index (χ0) is 24.9. The Morgan fingerprint density at radius 1 is 0.914 bits per heavy atom. The van der Waals surface area contributed by atoms with Gasteiger partial charge in [0.15, 0.2) is 11.5 Å². The standard InChI is InChI=1S/C25H32N4O6/c1-33-22-9-6-18(23(34-2)24(22)35-3)17-26-12-14-27(15-13-26)19-7-8-21(29(31)32)20(16-19)25(30)28-10-4-5-11-28/h6-9,16H,4-5,10-15,17H2,1-3H3. The summed E-state index contributed by atoms with van der Waals surface area (Å²) in [6.45, 7) is 5.07. The normalized spacial score (nSPS) is 16.3. The van der Waals surface area contributed by atoms with E-state index in [1.807, 2.05) is 12.1 Å². The lowest BCUT2D eigenvalue weighted by Crippen LogP contribution is -2.46. The Kier molecular flexibility index (Phi) is 7.60. The minimum atomic E-state index is -0.471. The highest BCUT2D eigenvalue weighted by Crippen LogP contribution is 2.40. The lowest BCUT2D eigenvalue weighted by atomic mass is 10.1. The van der Waals surface area contributed by atoms with Gasteiger partial charge in [-0.1, -0.05) is 6.07 Å².